The SMILES string of the molecule is CNCCNCc1ccc2nc(C)[nH]c2c1. The van der Waals surface area contributed by atoms with E-state index in [4.69, 9.17) is 0 Å². The van der Waals surface area contributed by atoms with Crippen molar-refractivity contribution in [1.29, 1.82) is 0 Å². The molecule has 1 aromatic heterocycles. The molecule has 2 aromatic rings. The van der Waals surface area contributed by atoms with Crippen LogP contribution in [0.4, 0.5) is 0 Å². The molecular weight excluding hydrogens is 200 g/mol. The van der Waals surface area contributed by atoms with E-state index in [-0.39, 0.29) is 0 Å². The maximum atomic E-state index is 4.38. The molecule has 0 bridgehead atoms. The molecule has 1 heterocycles. The van der Waals surface area contributed by atoms with Crippen molar-refractivity contribution in [3.8, 4) is 0 Å². The number of fused-ring (bicyclic) bond motifs is 1. The predicted molar refractivity (Wildman–Crippen MR) is 66.5 cm³/mol. The molecule has 0 saturated heterocycles. The number of likely N-dealkylation sites (N-methyl/N-ethyl adjacent to an activating group) is 1. The molecule has 1 aromatic carbocycles. The van der Waals surface area contributed by atoms with E-state index in [1.807, 2.05) is 14.0 Å². The number of hydrogen-bond acceptors (Lipinski definition) is 3. The number of imidazole rings is 1. The average Bonchev–Trinajstić information content (AvgIpc) is 2.64. The molecule has 0 aliphatic rings. The highest BCUT2D eigenvalue weighted by molar-refractivity contribution is 5.75. The standard InChI is InChI=1S/C12H18N4/c1-9-15-11-4-3-10(7-12(11)16-9)8-14-6-5-13-2/h3-4,7,13-14H,5-6,8H2,1-2H3,(H,15,16). The van der Waals surface area contributed by atoms with Gasteiger partial charge in [0.25, 0.3) is 0 Å². The van der Waals surface area contributed by atoms with Crippen LogP contribution in [0.5, 0.6) is 0 Å². The number of benzene rings is 1. The number of aryl methyl sites for hydroxylation is 1. The van der Waals surface area contributed by atoms with E-state index in [1.54, 1.807) is 0 Å². The number of H-pyrrole nitrogens is 1. The molecule has 0 radical (unpaired) electrons. The minimum absolute atomic E-state index is 0.898. The van der Waals surface area contributed by atoms with Gasteiger partial charge in [0.2, 0.25) is 0 Å². The summed E-state index contributed by atoms with van der Waals surface area (Å²) >= 11 is 0. The zero-order valence-electron chi connectivity index (χ0n) is 9.80. The van der Waals surface area contributed by atoms with Crippen LogP contribution in [0.1, 0.15) is 11.4 Å². The van der Waals surface area contributed by atoms with E-state index in [2.05, 4.69) is 38.8 Å². The van der Waals surface area contributed by atoms with Gasteiger partial charge >= 0.3 is 0 Å². The van der Waals surface area contributed by atoms with Crippen LogP contribution in [0.25, 0.3) is 11.0 Å². The number of aromatic amines is 1. The van der Waals surface area contributed by atoms with Crippen LogP contribution in [0.3, 0.4) is 0 Å². The van der Waals surface area contributed by atoms with Crippen LogP contribution in [-0.4, -0.2) is 30.1 Å². The van der Waals surface area contributed by atoms with Gasteiger partial charge in [0, 0.05) is 19.6 Å². The van der Waals surface area contributed by atoms with E-state index >= 15 is 0 Å². The lowest BCUT2D eigenvalue weighted by Gasteiger charge is -2.04. The van der Waals surface area contributed by atoms with Crippen LogP contribution in [0.15, 0.2) is 18.2 Å². The lowest BCUT2D eigenvalue weighted by atomic mass is 10.2. The van der Waals surface area contributed by atoms with Crippen molar-refractivity contribution in [1.82, 2.24) is 20.6 Å². The van der Waals surface area contributed by atoms with Gasteiger partial charge in [-0.15, -0.1) is 0 Å². The molecule has 86 valence electrons. The van der Waals surface area contributed by atoms with Crippen LogP contribution < -0.4 is 10.6 Å². The van der Waals surface area contributed by atoms with Crippen LogP contribution in [0.2, 0.25) is 0 Å². The molecule has 4 heteroatoms. The first-order valence-electron chi connectivity index (χ1n) is 5.60. The minimum Gasteiger partial charge on any atom is -0.342 e. The monoisotopic (exact) mass is 218 g/mol. The van der Waals surface area contributed by atoms with Crippen LogP contribution >= 0.6 is 0 Å². The summed E-state index contributed by atoms with van der Waals surface area (Å²) in [6, 6.07) is 6.34. The van der Waals surface area contributed by atoms with Gasteiger partial charge in [-0.25, -0.2) is 4.98 Å². The topological polar surface area (TPSA) is 52.7 Å². The van der Waals surface area contributed by atoms with E-state index in [0.29, 0.717) is 0 Å². The second kappa shape index (κ2) is 5.09. The van der Waals surface area contributed by atoms with Gasteiger partial charge < -0.3 is 15.6 Å². The Morgan fingerprint density at radius 3 is 3.00 bits per heavy atom. The van der Waals surface area contributed by atoms with Gasteiger partial charge in [-0.1, -0.05) is 6.07 Å². The number of aromatic nitrogens is 2. The molecule has 0 fully saturated rings. The van der Waals surface area contributed by atoms with Gasteiger partial charge in [-0.05, 0) is 31.7 Å². The van der Waals surface area contributed by atoms with Crippen LogP contribution in [-0.2, 0) is 6.54 Å². The molecule has 4 nitrogen and oxygen atoms in total. The van der Waals surface area contributed by atoms with Crippen molar-refractivity contribution < 1.29 is 0 Å². The summed E-state index contributed by atoms with van der Waals surface area (Å²) < 4.78 is 0. The van der Waals surface area contributed by atoms with Crippen molar-refractivity contribution in [3.05, 3.63) is 29.6 Å². The highest BCUT2D eigenvalue weighted by atomic mass is 14.9. The second-order valence-corrected chi connectivity index (χ2v) is 3.95. The summed E-state index contributed by atoms with van der Waals surface area (Å²) in [4.78, 5) is 7.63. The quantitative estimate of drug-likeness (QED) is 0.661. The Labute approximate surface area is 95.5 Å². The van der Waals surface area contributed by atoms with Crippen molar-refractivity contribution in [2.75, 3.05) is 20.1 Å². The first-order chi connectivity index (χ1) is 7.79. The lowest BCUT2D eigenvalue weighted by molar-refractivity contribution is 0.651. The summed E-state index contributed by atoms with van der Waals surface area (Å²) in [5.41, 5.74) is 3.44. The van der Waals surface area contributed by atoms with Gasteiger partial charge in [-0.2, -0.15) is 0 Å². The molecule has 0 amide bonds. The molecule has 0 spiro atoms. The van der Waals surface area contributed by atoms with Crippen molar-refractivity contribution in [3.63, 3.8) is 0 Å². The summed E-state index contributed by atoms with van der Waals surface area (Å²) in [5.74, 6) is 0.968. The Bertz CT molecular complexity index is 461. The molecule has 0 atom stereocenters. The number of nitrogens with one attached hydrogen (secondary N) is 3. The summed E-state index contributed by atoms with van der Waals surface area (Å²) in [6.07, 6.45) is 0. The minimum atomic E-state index is 0.898. The Morgan fingerprint density at radius 2 is 2.19 bits per heavy atom. The number of hydrogen-bond donors (Lipinski definition) is 3. The first-order valence-corrected chi connectivity index (χ1v) is 5.60. The highest BCUT2D eigenvalue weighted by Gasteiger charge is 2.00. The zero-order chi connectivity index (χ0) is 11.4. The third kappa shape index (κ3) is 2.59. The summed E-state index contributed by atoms with van der Waals surface area (Å²) in [6.45, 7) is 4.85. The molecule has 0 saturated carbocycles. The smallest absolute Gasteiger partial charge is 0.104 e. The maximum Gasteiger partial charge on any atom is 0.104 e. The lowest BCUT2D eigenvalue weighted by Crippen LogP contribution is -2.24. The fourth-order valence-electron chi connectivity index (χ4n) is 1.74. The Balaban J connectivity index is 2.02. The summed E-state index contributed by atoms with van der Waals surface area (Å²) in [7, 11) is 1.96. The largest absolute Gasteiger partial charge is 0.342 e. The third-order valence-electron chi connectivity index (χ3n) is 2.55. The second-order valence-electron chi connectivity index (χ2n) is 3.95. The fourth-order valence-corrected chi connectivity index (χ4v) is 1.74. The Hall–Kier alpha value is -1.39. The van der Waals surface area contributed by atoms with E-state index in [9.17, 15) is 0 Å². The van der Waals surface area contributed by atoms with Crippen molar-refractivity contribution >= 4 is 11.0 Å². The van der Waals surface area contributed by atoms with E-state index in [1.165, 1.54) is 5.56 Å². The Morgan fingerprint density at radius 1 is 1.31 bits per heavy atom. The molecule has 0 aliphatic carbocycles. The fraction of sp³-hybridized carbons (Fsp3) is 0.417. The highest BCUT2D eigenvalue weighted by Crippen LogP contribution is 2.13. The van der Waals surface area contributed by atoms with Gasteiger partial charge in [0.05, 0.1) is 11.0 Å². The van der Waals surface area contributed by atoms with Crippen LogP contribution in [0, 0.1) is 6.92 Å². The molecule has 0 unspecified atom stereocenters. The summed E-state index contributed by atoms with van der Waals surface area (Å²) in [5, 5.41) is 6.49. The normalized spacial score (nSPS) is 11.1. The Kier molecular flexibility index (Phi) is 3.54. The number of rotatable bonds is 5. The van der Waals surface area contributed by atoms with E-state index in [0.717, 1.165) is 36.5 Å². The molecule has 0 aliphatic heterocycles. The van der Waals surface area contributed by atoms with Crippen molar-refractivity contribution in [2.24, 2.45) is 0 Å². The van der Waals surface area contributed by atoms with E-state index < -0.39 is 0 Å². The molecule has 3 N–H and O–H groups in total. The first kappa shape index (κ1) is 11.1. The third-order valence-corrected chi connectivity index (χ3v) is 2.55. The van der Waals surface area contributed by atoms with Gasteiger partial charge in [-0.3, -0.25) is 0 Å². The predicted octanol–water partition coefficient (Wildman–Crippen LogP) is 1.18. The zero-order valence-corrected chi connectivity index (χ0v) is 9.80. The average molecular weight is 218 g/mol. The van der Waals surface area contributed by atoms with Gasteiger partial charge in [0.15, 0.2) is 0 Å². The van der Waals surface area contributed by atoms with Crippen molar-refractivity contribution in [2.45, 2.75) is 13.5 Å². The van der Waals surface area contributed by atoms with Gasteiger partial charge in [0.1, 0.15) is 5.82 Å². The number of nitrogens with zero attached hydrogens (tertiary/aromatic N) is 1. The molecule has 16 heavy (non-hydrogen) atoms. The maximum absolute atomic E-state index is 4.38. The molecule has 2 rings (SSSR count). The molecular formula is C12H18N4.